The average molecular weight is 502 g/mol. The van der Waals surface area contributed by atoms with Crippen LogP contribution < -0.4 is 14.5 Å². The summed E-state index contributed by atoms with van der Waals surface area (Å²) in [7, 11) is 0. The molecule has 0 saturated carbocycles. The van der Waals surface area contributed by atoms with Gasteiger partial charge in [0, 0.05) is 43.3 Å². The molecule has 0 aliphatic carbocycles. The Morgan fingerprint density at radius 2 is 1.68 bits per heavy atom. The minimum atomic E-state index is -0.771. The van der Waals surface area contributed by atoms with E-state index in [9.17, 15) is 0 Å². The van der Waals surface area contributed by atoms with Crippen molar-refractivity contribution in [1.82, 2.24) is 15.0 Å². The number of aromatic nitrogens is 3. The summed E-state index contributed by atoms with van der Waals surface area (Å²) in [6.45, 7) is 3.04. The summed E-state index contributed by atoms with van der Waals surface area (Å²) < 4.78 is 42.5. The van der Waals surface area contributed by atoms with E-state index in [1.165, 1.54) is 12.1 Å². The molecule has 0 atom stereocenters. The number of ether oxygens (including phenoxy) is 2. The first kappa shape index (κ1) is 23.3. The Kier molecular flexibility index (Phi) is 6.36. The van der Waals surface area contributed by atoms with E-state index in [1.54, 1.807) is 12.4 Å². The normalized spacial score (nSPS) is 15.1. The Morgan fingerprint density at radius 1 is 0.892 bits per heavy atom. The van der Waals surface area contributed by atoms with Gasteiger partial charge in [0.05, 0.1) is 24.5 Å². The molecule has 188 valence electrons. The molecule has 4 aromatic rings. The minimum Gasteiger partial charge on any atom is -0.486 e. The third-order valence-corrected chi connectivity index (χ3v) is 6.61. The van der Waals surface area contributed by atoms with Crippen LogP contribution >= 0.6 is 0 Å². The lowest BCUT2D eigenvalue weighted by Gasteiger charge is -2.28. The third-order valence-electron chi connectivity index (χ3n) is 6.61. The van der Waals surface area contributed by atoms with E-state index in [2.05, 4.69) is 4.98 Å². The maximum Gasteiger partial charge on any atom is 0.228 e. The maximum atomic E-state index is 15.9. The summed E-state index contributed by atoms with van der Waals surface area (Å²) in [5.74, 6) is -0.420. The molecule has 1 saturated heterocycles. The molecule has 1 fully saturated rings. The molecular formula is C28H25F2N5O2. The lowest BCUT2D eigenvalue weighted by molar-refractivity contribution is 0.122. The third kappa shape index (κ3) is 4.58. The van der Waals surface area contributed by atoms with Gasteiger partial charge in [-0.05, 0) is 36.2 Å². The highest BCUT2D eigenvalue weighted by atomic mass is 19.1. The van der Waals surface area contributed by atoms with Crippen LogP contribution in [0.3, 0.4) is 0 Å². The Morgan fingerprint density at radius 3 is 2.46 bits per heavy atom. The van der Waals surface area contributed by atoms with Crippen LogP contribution in [0.5, 0.6) is 5.75 Å². The second-order valence-electron chi connectivity index (χ2n) is 8.89. The molecule has 0 radical (unpaired) electrons. The van der Waals surface area contributed by atoms with Crippen LogP contribution in [0.1, 0.15) is 11.1 Å². The molecule has 2 aromatic heterocycles. The Hall–Kier alpha value is -4.11. The molecule has 2 aromatic carbocycles. The Balaban J connectivity index is 1.45. The molecule has 4 heterocycles. The number of halogens is 2. The summed E-state index contributed by atoms with van der Waals surface area (Å²) in [6.07, 6.45) is 3.97. The number of hydrogen-bond acceptors (Lipinski definition) is 7. The van der Waals surface area contributed by atoms with Crippen LogP contribution in [0.2, 0.25) is 0 Å². The van der Waals surface area contributed by atoms with Crippen LogP contribution in [0.4, 0.5) is 26.2 Å². The number of rotatable bonds is 6. The molecular weight excluding hydrogens is 476 g/mol. The van der Waals surface area contributed by atoms with Gasteiger partial charge >= 0.3 is 0 Å². The Bertz CT molecular complexity index is 1400. The fraction of sp³-hybridized carbons (Fsp3) is 0.250. The van der Waals surface area contributed by atoms with Crippen molar-refractivity contribution in [3.63, 3.8) is 0 Å². The van der Waals surface area contributed by atoms with Crippen LogP contribution in [-0.2, 0) is 17.8 Å². The molecule has 0 N–H and O–H groups in total. The smallest absolute Gasteiger partial charge is 0.228 e. The van der Waals surface area contributed by atoms with Crippen molar-refractivity contribution in [3.05, 3.63) is 89.8 Å². The van der Waals surface area contributed by atoms with Crippen LogP contribution in [-0.4, -0.2) is 47.8 Å². The van der Waals surface area contributed by atoms with Crippen molar-refractivity contribution >= 4 is 17.5 Å². The number of nitrogens with zero attached hydrogens (tertiary/aromatic N) is 5. The highest BCUT2D eigenvalue weighted by Crippen LogP contribution is 2.42. The molecule has 0 amide bonds. The topological polar surface area (TPSA) is 63.6 Å². The monoisotopic (exact) mass is 501 g/mol. The van der Waals surface area contributed by atoms with Gasteiger partial charge in [0.2, 0.25) is 5.95 Å². The second-order valence-corrected chi connectivity index (χ2v) is 8.89. The lowest BCUT2D eigenvalue weighted by atomic mass is 10.0. The van der Waals surface area contributed by atoms with Gasteiger partial charge in [-0.2, -0.15) is 4.98 Å². The van der Waals surface area contributed by atoms with Gasteiger partial charge in [0.25, 0.3) is 0 Å². The highest BCUT2D eigenvalue weighted by Gasteiger charge is 2.32. The molecule has 6 rings (SSSR count). The fourth-order valence-electron chi connectivity index (χ4n) is 4.73. The number of hydrogen-bond donors (Lipinski definition) is 0. The zero-order valence-electron chi connectivity index (χ0n) is 20.1. The van der Waals surface area contributed by atoms with E-state index in [0.29, 0.717) is 56.6 Å². The molecule has 2 aliphatic heterocycles. The van der Waals surface area contributed by atoms with Crippen LogP contribution in [0.15, 0.2) is 67.0 Å². The number of fused-ring (bicyclic) bond motifs is 1. The summed E-state index contributed by atoms with van der Waals surface area (Å²) in [4.78, 5) is 17.7. The van der Waals surface area contributed by atoms with E-state index >= 15 is 8.78 Å². The molecule has 2 aliphatic rings. The van der Waals surface area contributed by atoms with Crippen molar-refractivity contribution in [2.24, 2.45) is 0 Å². The fourth-order valence-corrected chi connectivity index (χ4v) is 4.73. The SMILES string of the molecule is Fc1ccc(OCc2ccccc2)c(F)c1-c1nc(N2CCOCC2)nc2c1CCN2c1ccncc1. The highest BCUT2D eigenvalue weighted by molar-refractivity contribution is 5.78. The average Bonchev–Trinajstić information content (AvgIpc) is 3.38. The standard InChI is InChI=1S/C28H25F2N5O2/c29-22-6-7-23(37-18-19-4-2-1-3-5-19)25(30)24(22)26-21-10-13-35(20-8-11-31-12-9-20)27(21)33-28(32-26)34-14-16-36-17-15-34/h1-9,11-12H,10,13-18H2. The van der Waals surface area contributed by atoms with E-state index in [-0.39, 0.29) is 23.6 Å². The van der Waals surface area contributed by atoms with Crippen molar-refractivity contribution in [3.8, 4) is 17.0 Å². The number of anilines is 3. The van der Waals surface area contributed by atoms with Gasteiger partial charge in [-0.15, -0.1) is 0 Å². The Labute approximate surface area is 213 Å². The van der Waals surface area contributed by atoms with Crippen molar-refractivity contribution in [2.45, 2.75) is 13.0 Å². The van der Waals surface area contributed by atoms with Crippen molar-refractivity contribution in [1.29, 1.82) is 0 Å². The van der Waals surface area contributed by atoms with Gasteiger partial charge in [-0.25, -0.2) is 13.8 Å². The van der Waals surface area contributed by atoms with E-state index in [0.717, 1.165) is 11.3 Å². The van der Waals surface area contributed by atoms with E-state index < -0.39 is 11.6 Å². The summed E-state index contributed by atoms with van der Waals surface area (Å²) >= 11 is 0. The van der Waals surface area contributed by atoms with Gasteiger partial charge in [0.15, 0.2) is 11.6 Å². The number of pyridine rings is 1. The van der Waals surface area contributed by atoms with Gasteiger partial charge in [-0.3, -0.25) is 4.98 Å². The summed E-state index contributed by atoms with van der Waals surface area (Å²) in [6, 6.07) is 15.8. The largest absolute Gasteiger partial charge is 0.486 e. The second kappa shape index (κ2) is 10.1. The van der Waals surface area contributed by atoms with Gasteiger partial charge < -0.3 is 19.3 Å². The molecule has 0 bridgehead atoms. The number of benzene rings is 2. The molecule has 0 spiro atoms. The quantitative estimate of drug-likeness (QED) is 0.371. The first-order valence-electron chi connectivity index (χ1n) is 12.3. The first-order valence-corrected chi connectivity index (χ1v) is 12.3. The summed E-state index contributed by atoms with van der Waals surface area (Å²) in [5.41, 5.74) is 2.55. The summed E-state index contributed by atoms with van der Waals surface area (Å²) in [5, 5.41) is 0. The lowest BCUT2D eigenvalue weighted by Crippen LogP contribution is -2.37. The van der Waals surface area contributed by atoms with E-state index in [1.807, 2.05) is 52.3 Å². The number of morpholine rings is 1. The maximum absolute atomic E-state index is 15.9. The van der Waals surface area contributed by atoms with Crippen LogP contribution in [0, 0.1) is 11.6 Å². The van der Waals surface area contributed by atoms with Crippen molar-refractivity contribution in [2.75, 3.05) is 42.6 Å². The zero-order chi connectivity index (χ0) is 25.2. The van der Waals surface area contributed by atoms with Crippen LogP contribution in [0.25, 0.3) is 11.3 Å². The predicted molar refractivity (Wildman–Crippen MR) is 136 cm³/mol. The minimum absolute atomic E-state index is 0.0236. The molecule has 0 unspecified atom stereocenters. The van der Waals surface area contributed by atoms with Gasteiger partial charge in [-0.1, -0.05) is 30.3 Å². The molecule has 9 heteroatoms. The zero-order valence-corrected chi connectivity index (χ0v) is 20.1. The van der Waals surface area contributed by atoms with Crippen molar-refractivity contribution < 1.29 is 18.3 Å². The van der Waals surface area contributed by atoms with Gasteiger partial charge in [0.1, 0.15) is 18.2 Å². The first-order chi connectivity index (χ1) is 18.2. The van der Waals surface area contributed by atoms with E-state index in [4.69, 9.17) is 19.4 Å². The molecule has 37 heavy (non-hydrogen) atoms. The molecule has 7 nitrogen and oxygen atoms in total. The predicted octanol–water partition coefficient (Wildman–Crippen LogP) is 4.93.